The lowest BCUT2D eigenvalue weighted by Crippen LogP contribution is -2.48. The van der Waals surface area contributed by atoms with E-state index in [-0.39, 0.29) is 11.7 Å². The number of amides is 1. The summed E-state index contributed by atoms with van der Waals surface area (Å²) < 4.78 is 19.0. The van der Waals surface area contributed by atoms with Gasteiger partial charge in [0.15, 0.2) is 0 Å². The van der Waals surface area contributed by atoms with E-state index < -0.39 is 0 Å². The van der Waals surface area contributed by atoms with Gasteiger partial charge in [-0.25, -0.2) is 4.39 Å². The Morgan fingerprint density at radius 2 is 1.84 bits per heavy atom. The Balaban J connectivity index is 1.58. The molecule has 4 nitrogen and oxygen atoms in total. The Hall–Kier alpha value is -2.40. The molecule has 0 unspecified atom stereocenters. The Kier molecular flexibility index (Phi) is 5.66. The number of nitrogens with zero attached hydrogens (tertiary/aromatic N) is 2. The van der Waals surface area contributed by atoms with Crippen LogP contribution in [-0.2, 0) is 6.54 Å². The second kappa shape index (κ2) is 8.12. The van der Waals surface area contributed by atoms with Crippen LogP contribution in [0.25, 0.3) is 0 Å². The van der Waals surface area contributed by atoms with E-state index in [0.29, 0.717) is 25.3 Å². The van der Waals surface area contributed by atoms with E-state index in [1.165, 1.54) is 12.1 Å². The molecule has 1 saturated heterocycles. The smallest absolute Gasteiger partial charge is 0.254 e. The normalized spacial score (nSPS) is 15.2. The van der Waals surface area contributed by atoms with Gasteiger partial charge in [0.1, 0.15) is 11.6 Å². The van der Waals surface area contributed by atoms with Gasteiger partial charge < -0.3 is 9.64 Å². The number of hydrogen-bond acceptors (Lipinski definition) is 3. The standard InChI is InChI=1S/C20H23FN2O2/c1-2-25-19-9-4-3-6-17(19)15-22-10-12-23(13-11-22)20(24)16-7-5-8-18(21)14-16/h3-9,14H,2,10-13,15H2,1H3. The van der Waals surface area contributed by atoms with Crippen LogP contribution in [0.5, 0.6) is 5.75 Å². The first-order valence-corrected chi connectivity index (χ1v) is 8.65. The summed E-state index contributed by atoms with van der Waals surface area (Å²) in [6.07, 6.45) is 0. The van der Waals surface area contributed by atoms with Crippen LogP contribution in [0.2, 0.25) is 0 Å². The zero-order chi connectivity index (χ0) is 17.6. The molecule has 2 aromatic carbocycles. The maximum absolute atomic E-state index is 13.3. The van der Waals surface area contributed by atoms with Gasteiger partial charge in [-0.15, -0.1) is 0 Å². The summed E-state index contributed by atoms with van der Waals surface area (Å²) in [4.78, 5) is 16.6. The lowest BCUT2D eigenvalue weighted by atomic mass is 10.1. The van der Waals surface area contributed by atoms with E-state index in [4.69, 9.17) is 4.74 Å². The van der Waals surface area contributed by atoms with Gasteiger partial charge in [-0.2, -0.15) is 0 Å². The second-order valence-electron chi connectivity index (χ2n) is 6.12. The van der Waals surface area contributed by atoms with Crippen molar-refractivity contribution in [3.05, 3.63) is 65.5 Å². The summed E-state index contributed by atoms with van der Waals surface area (Å²) in [6, 6.07) is 13.9. The average molecular weight is 342 g/mol. The minimum absolute atomic E-state index is 0.103. The summed E-state index contributed by atoms with van der Waals surface area (Å²) in [7, 11) is 0. The van der Waals surface area contributed by atoms with E-state index in [1.54, 1.807) is 17.0 Å². The van der Waals surface area contributed by atoms with Crippen LogP contribution in [0.4, 0.5) is 4.39 Å². The predicted octanol–water partition coefficient (Wildman–Crippen LogP) is 3.18. The molecule has 5 heteroatoms. The van der Waals surface area contributed by atoms with E-state index in [9.17, 15) is 9.18 Å². The molecule has 1 aliphatic heterocycles. The van der Waals surface area contributed by atoms with Gasteiger partial charge in [-0.1, -0.05) is 24.3 Å². The maximum atomic E-state index is 13.3. The van der Waals surface area contributed by atoms with Crippen LogP contribution < -0.4 is 4.74 Å². The fourth-order valence-corrected chi connectivity index (χ4v) is 3.08. The summed E-state index contributed by atoms with van der Waals surface area (Å²) in [6.45, 7) is 6.31. The third-order valence-electron chi connectivity index (χ3n) is 4.40. The monoisotopic (exact) mass is 342 g/mol. The maximum Gasteiger partial charge on any atom is 0.254 e. The number of piperazine rings is 1. The van der Waals surface area contributed by atoms with E-state index >= 15 is 0 Å². The molecule has 25 heavy (non-hydrogen) atoms. The Morgan fingerprint density at radius 3 is 2.56 bits per heavy atom. The first-order chi connectivity index (χ1) is 12.2. The van der Waals surface area contributed by atoms with Crippen LogP contribution in [0.1, 0.15) is 22.8 Å². The van der Waals surface area contributed by atoms with Crippen molar-refractivity contribution in [3.8, 4) is 5.75 Å². The highest BCUT2D eigenvalue weighted by Gasteiger charge is 2.23. The quantitative estimate of drug-likeness (QED) is 0.837. The second-order valence-corrected chi connectivity index (χ2v) is 6.12. The van der Waals surface area contributed by atoms with Crippen molar-refractivity contribution >= 4 is 5.91 Å². The number of rotatable bonds is 5. The number of hydrogen-bond donors (Lipinski definition) is 0. The first-order valence-electron chi connectivity index (χ1n) is 8.65. The average Bonchev–Trinajstić information content (AvgIpc) is 2.64. The number of carbonyl (C=O) groups excluding carboxylic acids is 1. The van der Waals surface area contributed by atoms with Gasteiger partial charge >= 0.3 is 0 Å². The third kappa shape index (κ3) is 4.37. The molecular formula is C20H23FN2O2. The van der Waals surface area contributed by atoms with Crippen molar-refractivity contribution < 1.29 is 13.9 Å². The number of halogens is 1. The highest BCUT2D eigenvalue weighted by molar-refractivity contribution is 5.94. The molecule has 0 aromatic heterocycles. The molecule has 3 rings (SSSR count). The summed E-state index contributed by atoms with van der Waals surface area (Å²) >= 11 is 0. The van der Waals surface area contributed by atoms with Gasteiger partial charge in [0.2, 0.25) is 0 Å². The molecule has 132 valence electrons. The van der Waals surface area contributed by atoms with Crippen molar-refractivity contribution in [3.63, 3.8) is 0 Å². The van der Waals surface area contributed by atoms with Crippen LogP contribution in [0, 0.1) is 5.82 Å². The first kappa shape index (κ1) is 17.4. The van der Waals surface area contributed by atoms with Gasteiger partial charge in [0.05, 0.1) is 6.61 Å². The lowest BCUT2D eigenvalue weighted by molar-refractivity contribution is 0.0626. The van der Waals surface area contributed by atoms with Crippen molar-refractivity contribution in [1.29, 1.82) is 0 Å². The van der Waals surface area contributed by atoms with Crippen LogP contribution in [-0.4, -0.2) is 48.5 Å². The minimum Gasteiger partial charge on any atom is -0.494 e. The van der Waals surface area contributed by atoms with Gasteiger partial charge in [-0.05, 0) is 31.2 Å². The van der Waals surface area contributed by atoms with Crippen molar-refractivity contribution in [2.75, 3.05) is 32.8 Å². The molecule has 0 atom stereocenters. The lowest BCUT2D eigenvalue weighted by Gasteiger charge is -2.35. The van der Waals surface area contributed by atoms with Gasteiger partial charge in [-0.3, -0.25) is 9.69 Å². The van der Waals surface area contributed by atoms with Gasteiger partial charge in [0.25, 0.3) is 5.91 Å². The third-order valence-corrected chi connectivity index (χ3v) is 4.40. The minimum atomic E-state index is -0.378. The van der Waals surface area contributed by atoms with Crippen LogP contribution >= 0.6 is 0 Å². The number of carbonyl (C=O) groups is 1. The molecule has 0 aliphatic carbocycles. The number of para-hydroxylation sites is 1. The highest BCUT2D eigenvalue weighted by Crippen LogP contribution is 2.21. The zero-order valence-corrected chi connectivity index (χ0v) is 14.5. The molecule has 1 heterocycles. The highest BCUT2D eigenvalue weighted by atomic mass is 19.1. The van der Waals surface area contributed by atoms with E-state index in [1.807, 2.05) is 25.1 Å². The van der Waals surface area contributed by atoms with Crippen molar-refractivity contribution in [1.82, 2.24) is 9.80 Å². The Labute approximate surface area is 147 Å². The number of ether oxygens (including phenoxy) is 1. The molecule has 0 spiro atoms. The molecule has 1 fully saturated rings. The largest absolute Gasteiger partial charge is 0.494 e. The Morgan fingerprint density at radius 1 is 1.08 bits per heavy atom. The fraction of sp³-hybridized carbons (Fsp3) is 0.350. The van der Waals surface area contributed by atoms with Crippen molar-refractivity contribution in [2.24, 2.45) is 0 Å². The topological polar surface area (TPSA) is 32.8 Å². The van der Waals surface area contributed by atoms with Crippen LogP contribution in [0.3, 0.4) is 0 Å². The summed E-state index contributed by atoms with van der Waals surface area (Å²) in [5.41, 5.74) is 1.57. The molecular weight excluding hydrogens is 319 g/mol. The Bertz CT molecular complexity index is 727. The summed E-state index contributed by atoms with van der Waals surface area (Å²) in [5, 5.41) is 0. The predicted molar refractivity (Wildman–Crippen MR) is 95.2 cm³/mol. The fourth-order valence-electron chi connectivity index (χ4n) is 3.08. The number of benzene rings is 2. The molecule has 2 aromatic rings. The molecule has 0 saturated carbocycles. The SMILES string of the molecule is CCOc1ccccc1CN1CCN(C(=O)c2cccc(F)c2)CC1. The molecule has 1 amide bonds. The summed E-state index contributed by atoms with van der Waals surface area (Å²) in [5.74, 6) is 0.439. The molecule has 1 aliphatic rings. The van der Waals surface area contributed by atoms with Crippen molar-refractivity contribution in [2.45, 2.75) is 13.5 Å². The van der Waals surface area contributed by atoms with E-state index in [0.717, 1.165) is 30.9 Å². The zero-order valence-electron chi connectivity index (χ0n) is 14.5. The molecule has 0 radical (unpaired) electrons. The van der Waals surface area contributed by atoms with Crippen LogP contribution in [0.15, 0.2) is 48.5 Å². The molecule has 0 N–H and O–H groups in total. The van der Waals surface area contributed by atoms with E-state index in [2.05, 4.69) is 11.0 Å². The molecule has 0 bridgehead atoms. The van der Waals surface area contributed by atoms with Gasteiger partial charge in [0, 0.05) is 43.9 Å².